The predicted molar refractivity (Wildman–Crippen MR) is 83.6 cm³/mol. The maximum absolute atomic E-state index is 13.7. The predicted octanol–water partition coefficient (Wildman–Crippen LogP) is 5.38. The summed E-state index contributed by atoms with van der Waals surface area (Å²) in [6, 6.07) is 2.85. The van der Waals surface area contributed by atoms with Crippen LogP contribution >= 0.6 is 23.2 Å². The Balaban J connectivity index is 2.33. The first kappa shape index (κ1) is 16.1. The van der Waals surface area contributed by atoms with E-state index in [1.54, 1.807) is 0 Å². The van der Waals surface area contributed by atoms with Crippen molar-refractivity contribution < 1.29 is 4.39 Å². The second kappa shape index (κ2) is 5.82. The molecule has 0 saturated heterocycles. The molecule has 4 atom stereocenters. The summed E-state index contributed by atoms with van der Waals surface area (Å²) in [5.41, 5.74) is 6.58. The first-order chi connectivity index (χ1) is 9.23. The van der Waals surface area contributed by atoms with Crippen molar-refractivity contribution >= 4 is 23.2 Å². The van der Waals surface area contributed by atoms with E-state index in [1.807, 2.05) is 6.92 Å². The van der Waals surface area contributed by atoms with E-state index >= 15 is 0 Å². The van der Waals surface area contributed by atoms with E-state index in [9.17, 15) is 4.39 Å². The number of halogens is 3. The lowest BCUT2D eigenvalue weighted by molar-refractivity contribution is 0.142. The van der Waals surface area contributed by atoms with Gasteiger partial charge in [0.1, 0.15) is 5.82 Å². The zero-order chi connectivity index (χ0) is 15.1. The highest BCUT2D eigenvalue weighted by molar-refractivity contribution is 6.35. The summed E-state index contributed by atoms with van der Waals surface area (Å²) in [6.45, 7) is 6.50. The summed E-state index contributed by atoms with van der Waals surface area (Å²) in [5, 5.41) is 0.493. The standard InChI is InChI=1S/C16H22Cl2FN/c1-9-4-5-11(6-10(9)2)16(3,20)12-7-15(19)14(18)8-13(12)17/h7-11H,4-6,20H2,1-3H3. The van der Waals surface area contributed by atoms with Gasteiger partial charge in [-0.25, -0.2) is 4.39 Å². The fraction of sp³-hybridized carbons (Fsp3) is 0.625. The van der Waals surface area contributed by atoms with Gasteiger partial charge < -0.3 is 5.73 Å². The van der Waals surface area contributed by atoms with Crippen molar-refractivity contribution in [1.29, 1.82) is 0 Å². The third-order valence-corrected chi connectivity index (χ3v) is 5.64. The Labute approximate surface area is 130 Å². The van der Waals surface area contributed by atoms with Crippen LogP contribution in [0.25, 0.3) is 0 Å². The summed E-state index contributed by atoms with van der Waals surface area (Å²) in [5.74, 6) is 1.21. The largest absolute Gasteiger partial charge is 0.321 e. The molecule has 0 radical (unpaired) electrons. The van der Waals surface area contributed by atoms with Gasteiger partial charge in [0, 0.05) is 10.6 Å². The monoisotopic (exact) mass is 317 g/mol. The molecule has 1 aliphatic carbocycles. The fourth-order valence-corrected chi connectivity index (χ4v) is 3.83. The van der Waals surface area contributed by atoms with Crippen LogP contribution < -0.4 is 5.73 Å². The summed E-state index contributed by atoms with van der Waals surface area (Å²) in [4.78, 5) is 0. The molecule has 1 saturated carbocycles. The number of hydrogen-bond acceptors (Lipinski definition) is 1. The van der Waals surface area contributed by atoms with Crippen LogP contribution in [-0.4, -0.2) is 0 Å². The van der Waals surface area contributed by atoms with E-state index in [2.05, 4.69) is 13.8 Å². The van der Waals surface area contributed by atoms with Gasteiger partial charge >= 0.3 is 0 Å². The number of benzene rings is 1. The van der Waals surface area contributed by atoms with Gasteiger partial charge in [-0.3, -0.25) is 0 Å². The quantitative estimate of drug-likeness (QED) is 0.728. The Morgan fingerprint density at radius 1 is 1.15 bits per heavy atom. The van der Waals surface area contributed by atoms with Crippen molar-refractivity contribution in [3.05, 3.63) is 33.6 Å². The molecule has 1 aromatic rings. The molecule has 4 unspecified atom stereocenters. The van der Waals surface area contributed by atoms with Gasteiger partial charge in [0.25, 0.3) is 0 Å². The summed E-state index contributed by atoms with van der Waals surface area (Å²) in [7, 11) is 0. The topological polar surface area (TPSA) is 26.0 Å². The summed E-state index contributed by atoms with van der Waals surface area (Å²) in [6.07, 6.45) is 3.26. The van der Waals surface area contributed by atoms with E-state index in [0.29, 0.717) is 22.4 Å². The van der Waals surface area contributed by atoms with Crippen LogP contribution in [0.2, 0.25) is 10.0 Å². The molecule has 112 valence electrons. The van der Waals surface area contributed by atoms with E-state index < -0.39 is 11.4 Å². The zero-order valence-corrected chi connectivity index (χ0v) is 13.7. The molecule has 1 aromatic carbocycles. The second-order valence-electron chi connectivity index (χ2n) is 6.49. The second-order valence-corrected chi connectivity index (χ2v) is 7.31. The molecule has 4 heteroatoms. The van der Waals surface area contributed by atoms with Crippen molar-refractivity contribution in [1.82, 2.24) is 0 Å². The molecule has 20 heavy (non-hydrogen) atoms. The highest BCUT2D eigenvalue weighted by Crippen LogP contribution is 2.44. The highest BCUT2D eigenvalue weighted by atomic mass is 35.5. The minimum absolute atomic E-state index is 0.0418. The number of nitrogens with two attached hydrogens (primary N) is 1. The van der Waals surface area contributed by atoms with Crippen LogP contribution in [0.3, 0.4) is 0 Å². The lowest BCUT2D eigenvalue weighted by atomic mass is 9.67. The molecular weight excluding hydrogens is 296 g/mol. The van der Waals surface area contributed by atoms with Crippen LogP contribution in [0.15, 0.2) is 12.1 Å². The Kier molecular flexibility index (Phi) is 4.68. The van der Waals surface area contributed by atoms with Gasteiger partial charge in [-0.15, -0.1) is 0 Å². The molecule has 1 nitrogen and oxygen atoms in total. The van der Waals surface area contributed by atoms with Gasteiger partial charge in [-0.1, -0.05) is 43.5 Å². The number of rotatable bonds is 2. The van der Waals surface area contributed by atoms with Gasteiger partial charge in [0.05, 0.1) is 5.02 Å². The highest BCUT2D eigenvalue weighted by Gasteiger charge is 2.38. The zero-order valence-electron chi connectivity index (χ0n) is 12.2. The molecule has 2 N–H and O–H groups in total. The third kappa shape index (κ3) is 2.98. The molecule has 0 aromatic heterocycles. The van der Waals surface area contributed by atoms with Crippen LogP contribution in [-0.2, 0) is 5.54 Å². The average molecular weight is 318 g/mol. The van der Waals surface area contributed by atoms with Gasteiger partial charge in [0.15, 0.2) is 0 Å². The van der Waals surface area contributed by atoms with E-state index in [0.717, 1.165) is 25.2 Å². The van der Waals surface area contributed by atoms with E-state index in [1.165, 1.54) is 12.1 Å². The van der Waals surface area contributed by atoms with Gasteiger partial charge in [0.2, 0.25) is 0 Å². The van der Waals surface area contributed by atoms with E-state index in [4.69, 9.17) is 28.9 Å². The van der Waals surface area contributed by atoms with Crippen molar-refractivity contribution in [2.24, 2.45) is 23.5 Å². The lowest BCUT2D eigenvalue weighted by Gasteiger charge is -2.42. The molecule has 0 heterocycles. The molecular formula is C16H22Cl2FN. The Morgan fingerprint density at radius 2 is 1.80 bits per heavy atom. The van der Waals surface area contributed by atoms with Crippen LogP contribution in [0.1, 0.15) is 45.6 Å². The Bertz CT molecular complexity index is 501. The normalized spacial score (nSPS) is 30.1. The molecule has 1 fully saturated rings. The van der Waals surface area contributed by atoms with Crippen LogP contribution in [0, 0.1) is 23.6 Å². The molecule has 1 aliphatic rings. The SMILES string of the molecule is CC1CCC(C(C)(N)c2cc(F)c(Cl)cc2Cl)CC1C. The molecule has 0 aliphatic heterocycles. The number of hydrogen-bond donors (Lipinski definition) is 1. The first-order valence-electron chi connectivity index (χ1n) is 7.17. The van der Waals surface area contributed by atoms with Crippen LogP contribution in [0.5, 0.6) is 0 Å². The minimum atomic E-state index is -0.628. The van der Waals surface area contributed by atoms with Crippen LogP contribution in [0.4, 0.5) is 4.39 Å². The Hall–Kier alpha value is -0.310. The maximum Gasteiger partial charge on any atom is 0.142 e. The van der Waals surface area contributed by atoms with Crippen molar-refractivity contribution in [3.8, 4) is 0 Å². The maximum atomic E-state index is 13.7. The molecule has 2 rings (SSSR count). The summed E-state index contributed by atoms with van der Waals surface area (Å²) >= 11 is 12.0. The van der Waals surface area contributed by atoms with Gasteiger partial charge in [-0.2, -0.15) is 0 Å². The third-order valence-electron chi connectivity index (χ3n) is 5.04. The van der Waals surface area contributed by atoms with Gasteiger partial charge in [-0.05, 0) is 55.2 Å². The fourth-order valence-electron chi connectivity index (χ4n) is 3.25. The van der Waals surface area contributed by atoms with E-state index in [-0.39, 0.29) is 5.02 Å². The first-order valence-corrected chi connectivity index (χ1v) is 7.93. The average Bonchev–Trinajstić information content (AvgIpc) is 2.36. The van der Waals surface area contributed by atoms with Crippen molar-refractivity contribution in [2.45, 2.75) is 45.6 Å². The Morgan fingerprint density at radius 3 is 2.40 bits per heavy atom. The summed E-state index contributed by atoms with van der Waals surface area (Å²) < 4.78 is 13.7. The molecule has 0 spiro atoms. The lowest BCUT2D eigenvalue weighted by Crippen LogP contribution is -2.44. The molecule has 0 amide bonds. The minimum Gasteiger partial charge on any atom is -0.321 e. The smallest absolute Gasteiger partial charge is 0.142 e. The van der Waals surface area contributed by atoms with Crippen molar-refractivity contribution in [3.63, 3.8) is 0 Å². The van der Waals surface area contributed by atoms with Crippen molar-refractivity contribution in [2.75, 3.05) is 0 Å². The molecule has 0 bridgehead atoms.